The van der Waals surface area contributed by atoms with Crippen molar-refractivity contribution in [1.29, 1.82) is 0 Å². The molecule has 2 N–H and O–H groups in total. The van der Waals surface area contributed by atoms with Crippen LogP contribution in [0.3, 0.4) is 0 Å². The molecule has 2 nitrogen and oxygen atoms in total. The van der Waals surface area contributed by atoms with E-state index in [4.69, 9.17) is 5.73 Å². The van der Waals surface area contributed by atoms with Crippen LogP contribution in [0.4, 0.5) is 0 Å². The third-order valence-corrected chi connectivity index (χ3v) is 3.12. The molecule has 0 aromatic heterocycles. The van der Waals surface area contributed by atoms with E-state index in [0.717, 1.165) is 6.42 Å². The third-order valence-electron chi connectivity index (χ3n) is 3.12. The number of hydrogen-bond donors (Lipinski definition) is 1. The van der Waals surface area contributed by atoms with Crippen LogP contribution in [-0.4, -0.2) is 25.0 Å². The highest BCUT2D eigenvalue weighted by Gasteiger charge is 2.15. The second-order valence-corrected chi connectivity index (χ2v) is 5.18. The Kier molecular flexibility index (Phi) is 5.66. The smallest absolute Gasteiger partial charge is 0.0356 e. The SMILES string of the molecule is CCCc1ccc(C(CC(C)N)N(C)C)cc1. The molecule has 1 aromatic carbocycles. The van der Waals surface area contributed by atoms with Crippen LogP contribution in [0, 0.1) is 0 Å². The molecule has 0 bridgehead atoms. The molecule has 0 heterocycles. The van der Waals surface area contributed by atoms with Crippen LogP contribution in [0.15, 0.2) is 24.3 Å². The first-order valence-electron chi connectivity index (χ1n) is 6.55. The van der Waals surface area contributed by atoms with Crippen LogP contribution in [0.25, 0.3) is 0 Å². The van der Waals surface area contributed by atoms with Crippen LogP contribution in [0.2, 0.25) is 0 Å². The van der Waals surface area contributed by atoms with E-state index in [9.17, 15) is 0 Å². The van der Waals surface area contributed by atoms with E-state index in [-0.39, 0.29) is 6.04 Å². The van der Waals surface area contributed by atoms with Crippen molar-refractivity contribution in [3.8, 4) is 0 Å². The maximum absolute atomic E-state index is 5.92. The first kappa shape index (κ1) is 14.2. The lowest BCUT2D eigenvalue weighted by Crippen LogP contribution is -2.27. The molecule has 2 unspecified atom stereocenters. The lowest BCUT2D eigenvalue weighted by atomic mass is 9.97. The summed E-state index contributed by atoms with van der Waals surface area (Å²) in [7, 11) is 4.24. The Morgan fingerprint density at radius 3 is 2.18 bits per heavy atom. The topological polar surface area (TPSA) is 29.3 Å². The summed E-state index contributed by atoms with van der Waals surface area (Å²) in [4.78, 5) is 2.25. The van der Waals surface area contributed by atoms with Gasteiger partial charge in [0.2, 0.25) is 0 Å². The minimum atomic E-state index is 0.234. The predicted molar refractivity (Wildman–Crippen MR) is 75.1 cm³/mol. The Morgan fingerprint density at radius 1 is 1.18 bits per heavy atom. The van der Waals surface area contributed by atoms with Gasteiger partial charge < -0.3 is 10.6 Å². The van der Waals surface area contributed by atoms with Gasteiger partial charge >= 0.3 is 0 Å². The summed E-state index contributed by atoms with van der Waals surface area (Å²) in [6.07, 6.45) is 3.37. The lowest BCUT2D eigenvalue weighted by Gasteiger charge is -2.26. The van der Waals surface area contributed by atoms with Gasteiger partial charge in [-0.2, -0.15) is 0 Å². The molecule has 0 saturated carbocycles. The first-order valence-corrected chi connectivity index (χ1v) is 6.55. The monoisotopic (exact) mass is 234 g/mol. The Labute approximate surface area is 106 Å². The Balaban J connectivity index is 2.80. The average molecular weight is 234 g/mol. The van der Waals surface area contributed by atoms with Gasteiger partial charge in [-0.3, -0.25) is 0 Å². The summed E-state index contributed by atoms with van der Waals surface area (Å²) in [5.41, 5.74) is 8.71. The molecule has 96 valence electrons. The molecule has 0 aliphatic rings. The zero-order valence-corrected chi connectivity index (χ0v) is 11.6. The molecule has 0 aliphatic heterocycles. The zero-order chi connectivity index (χ0) is 12.8. The van der Waals surface area contributed by atoms with Crippen molar-refractivity contribution in [2.75, 3.05) is 14.1 Å². The van der Waals surface area contributed by atoms with Crippen molar-refractivity contribution in [2.45, 2.75) is 45.2 Å². The summed E-state index contributed by atoms with van der Waals surface area (Å²) >= 11 is 0. The fourth-order valence-electron chi connectivity index (χ4n) is 2.19. The molecule has 1 rings (SSSR count). The fourth-order valence-corrected chi connectivity index (χ4v) is 2.19. The van der Waals surface area contributed by atoms with Gasteiger partial charge in [0.15, 0.2) is 0 Å². The van der Waals surface area contributed by atoms with Gasteiger partial charge in [-0.05, 0) is 45.0 Å². The molecular formula is C15H26N2. The third kappa shape index (κ3) is 4.49. The quantitative estimate of drug-likeness (QED) is 0.820. The van der Waals surface area contributed by atoms with Gasteiger partial charge in [0.1, 0.15) is 0 Å². The maximum Gasteiger partial charge on any atom is 0.0356 e. The molecule has 17 heavy (non-hydrogen) atoms. The highest BCUT2D eigenvalue weighted by atomic mass is 15.1. The molecule has 0 radical (unpaired) electrons. The number of nitrogens with zero attached hydrogens (tertiary/aromatic N) is 1. The van der Waals surface area contributed by atoms with Crippen molar-refractivity contribution >= 4 is 0 Å². The van der Waals surface area contributed by atoms with Crippen molar-refractivity contribution in [3.63, 3.8) is 0 Å². The standard InChI is InChI=1S/C15H26N2/c1-5-6-13-7-9-14(10-8-13)15(17(3)4)11-12(2)16/h7-10,12,15H,5-6,11,16H2,1-4H3. The molecule has 2 heteroatoms. The number of benzene rings is 1. The van der Waals surface area contributed by atoms with Crippen LogP contribution in [0.5, 0.6) is 0 Å². The highest BCUT2D eigenvalue weighted by molar-refractivity contribution is 5.25. The molecule has 0 amide bonds. The summed E-state index contributed by atoms with van der Waals surface area (Å²) in [6, 6.07) is 9.65. The second kappa shape index (κ2) is 6.77. The van der Waals surface area contributed by atoms with E-state index in [1.807, 2.05) is 0 Å². The fraction of sp³-hybridized carbons (Fsp3) is 0.600. The Bertz CT molecular complexity index is 314. The van der Waals surface area contributed by atoms with Gasteiger partial charge in [-0.1, -0.05) is 37.6 Å². The van der Waals surface area contributed by atoms with Crippen LogP contribution in [-0.2, 0) is 6.42 Å². The van der Waals surface area contributed by atoms with Crippen molar-refractivity contribution in [2.24, 2.45) is 5.73 Å². The highest BCUT2D eigenvalue weighted by Crippen LogP contribution is 2.23. The predicted octanol–water partition coefficient (Wildman–Crippen LogP) is 2.98. The average Bonchev–Trinajstić information content (AvgIpc) is 2.27. The molecular weight excluding hydrogens is 208 g/mol. The summed E-state index contributed by atoms with van der Waals surface area (Å²) in [5, 5.41) is 0. The van der Waals surface area contributed by atoms with Crippen molar-refractivity contribution in [1.82, 2.24) is 4.90 Å². The Morgan fingerprint density at radius 2 is 1.76 bits per heavy atom. The van der Waals surface area contributed by atoms with Gasteiger partial charge in [0.05, 0.1) is 0 Å². The van der Waals surface area contributed by atoms with Crippen LogP contribution >= 0.6 is 0 Å². The molecule has 2 atom stereocenters. The summed E-state index contributed by atoms with van der Waals surface area (Å²) in [5.74, 6) is 0. The molecule has 0 fully saturated rings. The van der Waals surface area contributed by atoms with Gasteiger partial charge in [0.25, 0.3) is 0 Å². The van der Waals surface area contributed by atoms with Gasteiger partial charge in [-0.25, -0.2) is 0 Å². The number of rotatable bonds is 6. The minimum absolute atomic E-state index is 0.234. The lowest BCUT2D eigenvalue weighted by molar-refractivity contribution is 0.272. The second-order valence-electron chi connectivity index (χ2n) is 5.18. The molecule has 0 spiro atoms. The van der Waals surface area contributed by atoms with E-state index in [1.54, 1.807) is 0 Å². The maximum atomic E-state index is 5.92. The number of hydrogen-bond acceptors (Lipinski definition) is 2. The van der Waals surface area contributed by atoms with Crippen LogP contribution in [0.1, 0.15) is 43.9 Å². The van der Waals surface area contributed by atoms with E-state index in [2.05, 4.69) is 57.1 Å². The molecule has 0 saturated heterocycles. The van der Waals surface area contributed by atoms with Crippen LogP contribution < -0.4 is 5.73 Å². The van der Waals surface area contributed by atoms with Crippen molar-refractivity contribution < 1.29 is 0 Å². The molecule has 0 aliphatic carbocycles. The number of aryl methyl sites for hydroxylation is 1. The van der Waals surface area contributed by atoms with Crippen molar-refractivity contribution in [3.05, 3.63) is 35.4 Å². The van der Waals surface area contributed by atoms with E-state index >= 15 is 0 Å². The number of nitrogens with two attached hydrogens (primary N) is 1. The minimum Gasteiger partial charge on any atom is -0.328 e. The van der Waals surface area contributed by atoms with E-state index < -0.39 is 0 Å². The largest absolute Gasteiger partial charge is 0.328 e. The summed E-state index contributed by atoms with van der Waals surface area (Å²) < 4.78 is 0. The first-order chi connectivity index (χ1) is 8.04. The van der Waals surface area contributed by atoms with Gasteiger partial charge in [0, 0.05) is 12.1 Å². The van der Waals surface area contributed by atoms with E-state index in [0.29, 0.717) is 6.04 Å². The van der Waals surface area contributed by atoms with Gasteiger partial charge in [-0.15, -0.1) is 0 Å². The normalized spacial score (nSPS) is 14.9. The summed E-state index contributed by atoms with van der Waals surface area (Å²) in [6.45, 7) is 4.29. The Hall–Kier alpha value is -0.860. The van der Waals surface area contributed by atoms with E-state index in [1.165, 1.54) is 24.0 Å². The zero-order valence-electron chi connectivity index (χ0n) is 11.6. The molecule has 1 aromatic rings.